The Hall–Kier alpha value is -2.31. The Morgan fingerprint density at radius 2 is 2.40 bits per heavy atom. The van der Waals surface area contributed by atoms with Gasteiger partial charge in [0.1, 0.15) is 18.7 Å². The molecule has 0 spiro atoms. The van der Waals surface area contributed by atoms with Crippen LogP contribution >= 0.6 is 0 Å². The van der Waals surface area contributed by atoms with Crippen LogP contribution < -0.4 is 5.32 Å². The molecule has 15 heavy (non-hydrogen) atoms. The van der Waals surface area contributed by atoms with Crippen LogP contribution in [-0.4, -0.2) is 31.1 Å². The number of hydrogen-bond acceptors (Lipinski definition) is 5. The second-order valence-electron chi connectivity index (χ2n) is 2.77. The van der Waals surface area contributed by atoms with Gasteiger partial charge in [-0.15, -0.1) is 5.10 Å². The van der Waals surface area contributed by atoms with Crippen molar-refractivity contribution in [2.75, 3.05) is 5.32 Å². The molecule has 0 saturated carbocycles. The lowest BCUT2D eigenvalue weighted by Crippen LogP contribution is -2.19. The van der Waals surface area contributed by atoms with E-state index in [1.807, 2.05) is 0 Å². The van der Waals surface area contributed by atoms with E-state index in [9.17, 15) is 4.79 Å². The predicted molar refractivity (Wildman–Crippen MR) is 50.7 cm³/mol. The zero-order valence-corrected chi connectivity index (χ0v) is 7.74. The van der Waals surface area contributed by atoms with Crippen LogP contribution in [0.4, 0.5) is 5.82 Å². The van der Waals surface area contributed by atoms with Crippen molar-refractivity contribution >= 4 is 11.7 Å². The van der Waals surface area contributed by atoms with E-state index in [2.05, 4.69) is 25.8 Å². The maximum absolute atomic E-state index is 11.4. The van der Waals surface area contributed by atoms with Gasteiger partial charge < -0.3 is 5.32 Å². The second kappa shape index (κ2) is 4.27. The van der Waals surface area contributed by atoms with Crippen molar-refractivity contribution < 1.29 is 4.79 Å². The molecule has 0 aliphatic carbocycles. The van der Waals surface area contributed by atoms with E-state index in [1.54, 1.807) is 24.4 Å². The van der Waals surface area contributed by atoms with E-state index < -0.39 is 0 Å². The molecular formula is C8H8N6O. The summed E-state index contributed by atoms with van der Waals surface area (Å²) in [6.07, 6.45) is 2.98. The van der Waals surface area contributed by atoms with E-state index in [1.165, 1.54) is 11.0 Å². The van der Waals surface area contributed by atoms with Crippen LogP contribution in [0, 0.1) is 0 Å². The average Bonchev–Trinajstić information content (AvgIpc) is 2.71. The molecule has 1 N–H and O–H groups in total. The fourth-order valence-corrected chi connectivity index (χ4v) is 1.02. The molecular weight excluding hydrogens is 196 g/mol. The number of carbonyl (C=O) groups excluding carboxylic acids is 1. The summed E-state index contributed by atoms with van der Waals surface area (Å²) in [5, 5.41) is 13.0. The number of aromatic nitrogens is 5. The summed E-state index contributed by atoms with van der Waals surface area (Å²) in [4.78, 5) is 15.4. The van der Waals surface area contributed by atoms with Gasteiger partial charge in [0.15, 0.2) is 0 Å². The molecule has 7 nitrogen and oxygen atoms in total. The van der Waals surface area contributed by atoms with Crippen LogP contribution in [0.5, 0.6) is 0 Å². The smallest absolute Gasteiger partial charge is 0.247 e. The number of pyridine rings is 1. The number of nitrogens with one attached hydrogen (secondary N) is 1. The molecule has 7 heteroatoms. The first kappa shape index (κ1) is 9.25. The Labute approximate surface area is 85.1 Å². The Kier molecular flexibility index (Phi) is 2.63. The van der Waals surface area contributed by atoms with Crippen LogP contribution in [0.1, 0.15) is 0 Å². The summed E-state index contributed by atoms with van der Waals surface area (Å²) in [5.74, 6) is 0.288. The first-order valence-electron chi connectivity index (χ1n) is 4.26. The molecule has 0 fully saturated rings. The van der Waals surface area contributed by atoms with Gasteiger partial charge in [0.2, 0.25) is 5.91 Å². The Morgan fingerprint density at radius 1 is 1.47 bits per heavy atom. The molecule has 76 valence electrons. The fraction of sp³-hybridized carbons (Fsp3) is 0.125. The molecule has 2 aromatic rings. The van der Waals surface area contributed by atoms with E-state index in [4.69, 9.17) is 0 Å². The third kappa shape index (κ3) is 2.56. The number of nitrogens with zero attached hydrogens (tertiary/aromatic N) is 5. The molecule has 2 aromatic heterocycles. The fourth-order valence-electron chi connectivity index (χ4n) is 1.02. The Bertz CT molecular complexity index is 426. The highest BCUT2D eigenvalue weighted by molar-refractivity contribution is 5.89. The van der Waals surface area contributed by atoms with Gasteiger partial charge in [-0.3, -0.25) is 4.79 Å². The highest BCUT2D eigenvalue weighted by Gasteiger charge is 2.04. The molecule has 2 heterocycles. The van der Waals surface area contributed by atoms with E-state index in [0.29, 0.717) is 5.82 Å². The van der Waals surface area contributed by atoms with Gasteiger partial charge >= 0.3 is 0 Å². The van der Waals surface area contributed by atoms with Crippen molar-refractivity contribution in [1.29, 1.82) is 0 Å². The molecule has 0 bridgehead atoms. The molecule has 0 unspecified atom stereocenters. The lowest BCUT2D eigenvalue weighted by Gasteiger charge is -2.02. The highest BCUT2D eigenvalue weighted by Crippen LogP contribution is 1.99. The molecule has 2 rings (SSSR count). The van der Waals surface area contributed by atoms with Crippen LogP contribution in [0.2, 0.25) is 0 Å². The average molecular weight is 204 g/mol. The van der Waals surface area contributed by atoms with Crippen LogP contribution in [0.25, 0.3) is 0 Å². The summed E-state index contributed by atoms with van der Waals surface area (Å²) in [6, 6.07) is 5.27. The molecule has 0 aromatic carbocycles. The number of anilines is 1. The minimum Gasteiger partial charge on any atom is -0.309 e. The third-order valence-corrected chi connectivity index (χ3v) is 1.63. The zero-order valence-electron chi connectivity index (χ0n) is 7.74. The summed E-state index contributed by atoms with van der Waals surface area (Å²) >= 11 is 0. The number of hydrogen-bond donors (Lipinski definition) is 1. The van der Waals surface area contributed by atoms with Crippen molar-refractivity contribution in [1.82, 2.24) is 25.2 Å². The van der Waals surface area contributed by atoms with Crippen molar-refractivity contribution in [2.24, 2.45) is 0 Å². The maximum Gasteiger partial charge on any atom is 0.247 e. The topological polar surface area (TPSA) is 85.6 Å². The quantitative estimate of drug-likeness (QED) is 0.742. The molecule has 0 aliphatic heterocycles. The van der Waals surface area contributed by atoms with Gasteiger partial charge in [-0.05, 0) is 22.6 Å². The Morgan fingerprint density at radius 3 is 3.07 bits per heavy atom. The largest absolute Gasteiger partial charge is 0.309 e. The van der Waals surface area contributed by atoms with Crippen molar-refractivity contribution in [3.63, 3.8) is 0 Å². The van der Waals surface area contributed by atoms with Gasteiger partial charge in [0.25, 0.3) is 0 Å². The normalized spacial score (nSPS) is 9.87. The zero-order chi connectivity index (χ0) is 10.5. The Balaban J connectivity index is 1.94. The van der Waals surface area contributed by atoms with Crippen molar-refractivity contribution in [3.8, 4) is 0 Å². The molecule has 0 saturated heterocycles. The molecule has 0 atom stereocenters. The van der Waals surface area contributed by atoms with Crippen LogP contribution in [0.3, 0.4) is 0 Å². The minimum atomic E-state index is -0.221. The van der Waals surface area contributed by atoms with E-state index in [-0.39, 0.29) is 12.5 Å². The highest BCUT2D eigenvalue weighted by atomic mass is 16.2. The van der Waals surface area contributed by atoms with Crippen molar-refractivity contribution in [3.05, 3.63) is 30.7 Å². The van der Waals surface area contributed by atoms with E-state index >= 15 is 0 Å². The van der Waals surface area contributed by atoms with Gasteiger partial charge in [-0.1, -0.05) is 6.07 Å². The van der Waals surface area contributed by atoms with Gasteiger partial charge in [-0.25, -0.2) is 9.67 Å². The predicted octanol–water partition coefficient (Wildman–Crippen LogP) is -0.293. The lowest BCUT2D eigenvalue weighted by molar-refractivity contribution is -0.116. The first-order valence-corrected chi connectivity index (χ1v) is 4.26. The van der Waals surface area contributed by atoms with Crippen LogP contribution in [0.15, 0.2) is 30.7 Å². The monoisotopic (exact) mass is 204 g/mol. The van der Waals surface area contributed by atoms with Crippen molar-refractivity contribution in [2.45, 2.75) is 6.54 Å². The minimum absolute atomic E-state index is 0.0730. The summed E-state index contributed by atoms with van der Waals surface area (Å²) in [5.41, 5.74) is 0. The molecule has 1 amide bonds. The summed E-state index contributed by atoms with van der Waals surface area (Å²) in [6.45, 7) is 0.0730. The SMILES string of the molecule is O=C(Cn1cnnn1)Nc1ccccn1. The van der Waals surface area contributed by atoms with Gasteiger partial charge in [0, 0.05) is 6.20 Å². The van der Waals surface area contributed by atoms with Gasteiger partial charge in [-0.2, -0.15) is 0 Å². The summed E-state index contributed by atoms with van der Waals surface area (Å²) < 4.78 is 1.33. The number of rotatable bonds is 3. The number of tetrazole rings is 1. The first-order chi connectivity index (χ1) is 7.34. The standard InChI is InChI=1S/C8H8N6O/c15-8(5-14-6-10-12-13-14)11-7-3-1-2-4-9-7/h1-4,6H,5H2,(H,9,11,15). The van der Waals surface area contributed by atoms with Gasteiger partial charge in [0.05, 0.1) is 0 Å². The summed E-state index contributed by atoms with van der Waals surface area (Å²) in [7, 11) is 0. The molecule has 0 aliphatic rings. The maximum atomic E-state index is 11.4. The third-order valence-electron chi connectivity index (χ3n) is 1.63. The number of carbonyl (C=O) groups is 1. The number of amides is 1. The lowest BCUT2D eigenvalue weighted by atomic mass is 10.4. The second-order valence-corrected chi connectivity index (χ2v) is 2.77. The van der Waals surface area contributed by atoms with E-state index in [0.717, 1.165) is 0 Å². The molecule has 0 radical (unpaired) electrons. The van der Waals surface area contributed by atoms with Crippen LogP contribution in [-0.2, 0) is 11.3 Å².